The van der Waals surface area contributed by atoms with Gasteiger partial charge in [-0.1, -0.05) is 25.1 Å². The van der Waals surface area contributed by atoms with Crippen LogP contribution in [0, 0.1) is 0 Å². The number of fused-ring (bicyclic) bond motifs is 1. The number of aromatic nitrogens is 1. The maximum atomic E-state index is 12.6. The Hall–Kier alpha value is -2.34. The van der Waals surface area contributed by atoms with Crippen LogP contribution in [0.1, 0.15) is 18.9 Å². The fourth-order valence-electron chi connectivity index (χ4n) is 2.60. The fraction of sp³-hybridized carbons (Fsp3) is 0.278. The number of carbonyl (C=O) groups is 2. The van der Waals surface area contributed by atoms with Crippen molar-refractivity contribution in [2.24, 2.45) is 0 Å². The summed E-state index contributed by atoms with van der Waals surface area (Å²) in [5.74, 6) is -0.179. The SMILES string of the molecule is CCC1Sc2ccccc2N(CC(=O)NCc2cccnc2)C1=O. The average Bonchev–Trinajstić information content (AvgIpc) is 2.63. The Morgan fingerprint density at radius 1 is 1.29 bits per heavy atom. The summed E-state index contributed by atoms with van der Waals surface area (Å²) < 4.78 is 0. The van der Waals surface area contributed by atoms with Gasteiger partial charge in [-0.3, -0.25) is 14.6 Å². The van der Waals surface area contributed by atoms with E-state index in [-0.39, 0.29) is 23.6 Å². The lowest BCUT2D eigenvalue weighted by Crippen LogP contribution is -2.46. The molecule has 0 saturated heterocycles. The summed E-state index contributed by atoms with van der Waals surface area (Å²) in [5, 5.41) is 2.72. The van der Waals surface area contributed by atoms with Crippen LogP contribution < -0.4 is 10.2 Å². The van der Waals surface area contributed by atoms with Gasteiger partial charge in [-0.05, 0) is 30.2 Å². The summed E-state index contributed by atoms with van der Waals surface area (Å²) in [7, 11) is 0. The van der Waals surface area contributed by atoms with Crippen LogP contribution in [-0.2, 0) is 16.1 Å². The van der Waals surface area contributed by atoms with E-state index in [1.165, 1.54) is 0 Å². The first-order chi connectivity index (χ1) is 11.7. The van der Waals surface area contributed by atoms with Gasteiger partial charge in [0.05, 0.1) is 10.9 Å². The highest BCUT2D eigenvalue weighted by Crippen LogP contribution is 2.39. The van der Waals surface area contributed by atoms with Crippen molar-refractivity contribution in [1.82, 2.24) is 10.3 Å². The third kappa shape index (κ3) is 3.59. The molecule has 0 aliphatic carbocycles. The largest absolute Gasteiger partial charge is 0.350 e. The third-order valence-electron chi connectivity index (χ3n) is 3.85. The lowest BCUT2D eigenvalue weighted by molar-refractivity contribution is -0.123. The minimum absolute atomic E-state index is 0.00210. The number of carbonyl (C=O) groups excluding carboxylic acids is 2. The summed E-state index contributed by atoms with van der Waals surface area (Å²) in [6.07, 6.45) is 4.15. The molecule has 24 heavy (non-hydrogen) atoms. The number of anilines is 1. The number of pyridine rings is 1. The highest BCUT2D eigenvalue weighted by atomic mass is 32.2. The number of amides is 2. The summed E-state index contributed by atoms with van der Waals surface area (Å²) in [6.45, 7) is 2.43. The third-order valence-corrected chi connectivity index (χ3v) is 5.27. The van der Waals surface area contributed by atoms with Crippen molar-refractivity contribution < 1.29 is 9.59 Å². The van der Waals surface area contributed by atoms with Crippen molar-refractivity contribution in [3.8, 4) is 0 Å². The van der Waals surface area contributed by atoms with Gasteiger partial charge in [-0.15, -0.1) is 11.8 Å². The van der Waals surface area contributed by atoms with Gasteiger partial charge in [0.2, 0.25) is 11.8 Å². The number of hydrogen-bond acceptors (Lipinski definition) is 4. The Morgan fingerprint density at radius 2 is 2.12 bits per heavy atom. The van der Waals surface area contributed by atoms with Crippen LogP contribution in [0.2, 0.25) is 0 Å². The number of rotatable bonds is 5. The number of nitrogens with one attached hydrogen (secondary N) is 1. The summed E-state index contributed by atoms with van der Waals surface area (Å²) in [6, 6.07) is 11.5. The highest BCUT2D eigenvalue weighted by Gasteiger charge is 2.33. The maximum Gasteiger partial charge on any atom is 0.240 e. The topological polar surface area (TPSA) is 62.3 Å². The molecule has 2 amide bonds. The van der Waals surface area contributed by atoms with E-state index in [0.29, 0.717) is 6.54 Å². The van der Waals surface area contributed by atoms with Crippen LogP contribution in [0.3, 0.4) is 0 Å². The Kier molecular flexibility index (Phi) is 5.15. The predicted molar refractivity (Wildman–Crippen MR) is 94.8 cm³/mol. The van der Waals surface area contributed by atoms with E-state index in [2.05, 4.69) is 10.3 Å². The zero-order chi connectivity index (χ0) is 16.9. The number of para-hydroxylation sites is 1. The molecule has 5 nitrogen and oxygen atoms in total. The summed E-state index contributed by atoms with van der Waals surface area (Å²) >= 11 is 1.57. The van der Waals surface area contributed by atoms with Gasteiger partial charge in [0, 0.05) is 23.8 Å². The molecule has 1 aromatic heterocycles. The zero-order valence-corrected chi connectivity index (χ0v) is 14.3. The molecule has 0 fully saturated rings. The Balaban J connectivity index is 1.70. The monoisotopic (exact) mass is 341 g/mol. The smallest absolute Gasteiger partial charge is 0.240 e. The van der Waals surface area contributed by atoms with Gasteiger partial charge in [0.15, 0.2) is 0 Å². The van der Waals surface area contributed by atoms with Crippen molar-refractivity contribution in [2.45, 2.75) is 30.0 Å². The van der Waals surface area contributed by atoms with Gasteiger partial charge in [0.25, 0.3) is 0 Å². The Bertz CT molecular complexity index is 736. The van der Waals surface area contributed by atoms with Gasteiger partial charge in [-0.25, -0.2) is 0 Å². The molecule has 2 aromatic rings. The second kappa shape index (κ2) is 7.49. The van der Waals surface area contributed by atoms with E-state index in [4.69, 9.17) is 0 Å². The van der Waals surface area contributed by atoms with E-state index < -0.39 is 0 Å². The standard InChI is InChI=1S/C18H19N3O2S/c1-2-15-18(23)21(14-7-3-4-8-16(14)24-15)12-17(22)20-11-13-6-5-9-19-10-13/h3-10,15H,2,11-12H2,1H3,(H,20,22). The molecule has 1 aromatic carbocycles. The number of benzene rings is 1. The van der Waals surface area contributed by atoms with E-state index in [1.807, 2.05) is 43.3 Å². The van der Waals surface area contributed by atoms with Crippen LogP contribution >= 0.6 is 11.8 Å². The Morgan fingerprint density at radius 3 is 2.88 bits per heavy atom. The van der Waals surface area contributed by atoms with Crippen molar-refractivity contribution >= 4 is 29.3 Å². The molecule has 3 rings (SSSR count). The number of thioether (sulfide) groups is 1. The maximum absolute atomic E-state index is 12.6. The van der Waals surface area contributed by atoms with Crippen LogP contribution in [0.4, 0.5) is 5.69 Å². The van der Waals surface area contributed by atoms with Crippen LogP contribution in [0.15, 0.2) is 53.7 Å². The average molecular weight is 341 g/mol. The molecule has 0 saturated carbocycles. The second-order valence-corrected chi connectivity index (χ2v) is 6.79. The molecule has 124 valence electrons. The molecule has 2 heterocycles. The van der Waals surface area contributed by atoms with Crippen molar-refractivity contribution in [3.63, 3.8) is 0 Å². The molecule has 0 radical (unpaired) electrons. The molecule has 1 aliphatic heterocycles. The molecular formula is C18H19N3O2S. The Labute approximate surface area is 145 Å². The first-order valence-electron chi connectivity index (χ1n) is 7.91. The molecule has 1 unspecified atom stereocenters. The quantitative estimate of drug-likeness (QED) is 0.908. The highest BCUT2D eigenvalue weighted by molar-refractivity contribution is 8.01. The molecule has 6 heteroatoms. The van der Waals surface area contributed by atoms with Crippen LogP contribution in [-0.4, -0.2) is 28.6 Å². The van der Waals surface area contributed by atoms with Crippen molar-refractivity contribution in [1.29, 1.82) is 0 Å². The number of nitrogens with zero attached hydrogens (tertiary/aromatic N) is 2. The van der Waals surface area contributed by atoms with Gasteiger partial charge in [-0.2, -0.15) is 0 Å². The van der Waals surface area contributed by atoms with Crippen LogP contribution in [0.25, 0.3) is 0 Å². The molecular weight excluding hydrogens is 322 g/mol. The molecule has 1 N–H and O–H groups in total. The van der Waals surface area contributed by atoms with Gasteiger partial charge >= 0.3 is 0 Å². The first kappa shape index (κ1) is 16.5. The number of hydrogen-bond donors (Lipinski definition) is 1. The molecule has 0 spiro atoms. The predicted octanol–water partition coefficient (Wildman–Crippen LogP) is 2.62. The first-order valence-corrected chi connectivity index (χ1v) is 8.79. The molecule has 1 atom stereocenters. The van der Waals surface area contributed by atoms with Crippen molar-refractivity contribution in [3.05, 3.63) is 54.4 Å². The molecule has 0 bridgehead atoms. The minimum atomic E-state index is -0.177. The normalized spacial score (nSPS) is 16.6. The van der Waals surface area contributed by atoms with Crippen molar-refractivity contribution in [2.75, 3.05) is 11.4 Å². The van der Waals surface area contributed by atoms with E-state index in [1.54, 1.807) is 29.1 Å². The second-order valence-electron chi connectivity index (χ2n) is 5.54. The fourth-order valence-corrected chi connectivity index (χ4v) is 3.76. The zero-order valence-electron chi connectivity index (χ0n) is 13.4. The summed E-state index contributed by atoms with van der Waals surface area (Å²) in [4.78, 5) is 31.6. The lowest BCUT2D eigenvalue weighted by Gasteiger charge is -2.32. The lowest BCUT2D eigenvalue weighted by atomic mass is 10.2. The van der Waals surface area contributed by atoms with E-state index >= 15 is 0 Å². The minimum Gasteiger partial charge on any atom is -0.350 e. The van der Waals surface area contributed by atoms with E-state index in [9.17, 15) is 9.59 Å². The van der Waals surface area contributed by atoms with Crippen LogP contribution in [0.5, 0.6) is 0 Å². The van der Waals surface area contributed by atoms with E-state index in [0.717, 1.165) is 22.6 Å². The summed E-state index contributed by atoms with van der Waals surface area (Å²) in [5.41, 5.74) is 1.74. The molecule has 1 aliphatic rings. The van der Waals surface area contributed by atoms with Gasteiger partial charge < -0.3 is 10.2 Å². The van der Waals surface area contributed by atoms with Gasteiger partial charge in [0.1, 0.15) is 6.54 Å².